The molecule has 8 heteroatoms. The molecular formula is C28H34N2O5S. The smallest absolute Gasteiger partial charge is 0.350 e. The van der Waals surface area contributed by atoms with Crippen LogP contribution in [0.2, 0.25) is 0 Å². The standard InChI is InChI=1S/C28H34N2O5S/c1-28(2,3)24-17-22(25(36-24)26(31)33-4)30-27(32)29-21-12-13-23(20-11-6-5-10-19(20)21)35-16-14-18-9-7-8-15-34-18/h5-6,10-13,17-18H,7-9,14-16H2,1-4H3,(H2,29,30,32). The first-order chi connectivity index (χ1) is 17.3. The first-order valence-electron chi connectivity index (χ1n) is 12.3. The van der Waals surface area contributed by atoms with Crippen molar-refractivity contribution in [3.63, 3.8) is 0 Å². The number of ether oxygens (including phenoxy) is 3. The molecule has 1 fully saturated rings. The second-order valence-electron chi connectivity index (χ2n) is 9.96. The van der Waals surface area contributed by atoms with Crippen LogP contribution in [0.25, 0.3) is 10.8 Å². The lowest BCUT2D eigenvalue weighted by Gasteiger charge is -2.22. The van der Waals surface area contributed by atoms with Crippen molar-refractivity contribution in [1.82, 2.24) is 0 Å². The van der Waals surface area contributed by atoms with Crippen LogP contribution in [0.15, 0.2) is 42.5 Å². The van der Waals surface area contributed by atoms with Crippen molar-refractivity contribution in [3.8, 4) is 5.75 Å². The Kier molecular flexibility index (Phi) is 8.16. The predicted molar refractivity (Wildman–Crippen MR) is 145 cm³/mol. The van der Waals surface area contributed by atoms with Gasteiger partial charge in [-0.2, -0.15) is 0 Å². The number of anilines is 2. The zero-order valence-corrected chi connectivity index (χ0v) is 22.1. The van der Waals surface area contributed by atoms with E-state index < -0.39 is 12.0 Å². The molecule has 0 saturated carbocycles. The Labute approximate surface area is 216 Å². The average molecular weight is 511 g/mol. The number of benzene rings is 2. The van der Waals surface area contributed by atoms with Crippen LogP contribution in [0.1, 0.15) is 61.0 Å². The van der Waals surface area contributed by atoms with Crippen LogP contribution < -0.4 is 15.4 Å². The molecule has 0 spiro atoms. The fraction of sp³-hybridized carbons (Fsp3) is 0.429. The SMILES string of the molecule is COC(=O)c1sc(C(C)(C)C)cc1NC(=O)Nc1ccc(OCCC2CCCCO2)c2ccccc12. The maximum Gasteiger partial charge on any atom is 0.350 e. The minimum Gasteiger partial charge on any atom is -0.493 e. The summed E-state index contributed by atoms with van der Waals surface area (Å²) < 4.78 is 16.8. The van der Waals surface area contributed by atoms with E-state index in [0.717, 1.165) is 47.3 Å². The number of thiophene rings is 1. The first-order valence-corrected chi connectivity index (χ1v) is 13.1. The molecule has 2 aromatic carbocycles. The molecule has 0 radical (unpaired) electrons. The minimum atomic E-state index is -0.476. The largest absolute Gasteiger partial charge is 0.493 e. The minimum absolute atomic E-state index is 0.168. The van der Waals surface area contributed by atoms with Gasteiger partial charge in [0.2, 0.25) is 0 Å². The molecular weight excluding hydrogens is 476 g/mol. The van der Waals surface area contributed by atoms with Crippen LogP contribution >= 0.6 is 11.3 Å². The lowest BCUT2D eigenvalue weighted by atomic mass is 9.94. The van der Waals surface area contributed by atoms with Crippen LogP contribution in [-0.4, -0.2) is 38.4 Å². The van der Waals surface area contributed by atoms with E-state index in [1.807, 2.05) is 42.5 Å². The van der Waals surface area contributed by atoms with Gasteiger partial charge in [0, 0.05) is 28.7 Å². The molecule has 2 N–H and O–H groups in total. The monoisotopic (exact) mass is 510 g/mol. The third-order valence-electron chi connectivity index (χ3n) is 6.19. The van der Waals surface area contributed by atoms with Gasteiger partial charge in [0.1, 0.15) is 10.6 Å². The molecule has 7 nitrogen and oxygen atoms in total. The van der Waals surface area contributed by atoms with Crippen LogP contribution in [0.3, 0.4) is 0 Å². The molecule has 4 rings (SSSR count). The Hall–Kier alpha value is -3.10. The number of hydrogen-bond acceptors (Lipinski definition) is 6. The van der Waals surface area contributed by atoms with Gasteiger partial charge in [-0.3, -0.25) is 0 Å². The van der Waals surface area contributed by atoms with Crippen molar-refractivity contribution in [1.29, 1.82) is 0 Å². The quantitative estimate of drug-likeness (QED) is 0.335. The summed E-state index contributed by atoms with van der Waals surface area (Å²) in [6.07, 6.45) is 4.55. The van der Waals surface area contributed by atoms with E-state index in [4.69, 9.17) is 14.2 Å². The van der Waals surface area contributed by atoms with Crippen molar-refractivity contribution in [2.45, 2.75) is 58.0 Å². The summed E-state index contributed by atoms with van der Waals surface area (Å²) in [7, 11) is 1.33. The Morgan fingerprint density at radius 1 is 1.06 bits per heavy atom. The Balaban J connectivity index is 1.48. The summed E-state index contributed by atoms with van der Waals surface area (Å²) in [5.41, 5.74) is 0.916. The molecule has 192 valence electrons. The summed E-state index contributed by atoms with van der Waals surface area (Å²) in [6.45, 7) is 7.58. The lowest BCUT2D eigenvalue weighted by molar-refractivity contribution is 0.00413. The predicted octanol–water partition coefficient (Wildman–Crippen LogP) is 6.97. The number of rotatable bonds is 7. The van der Waals surface area contributed by atoms with Gasteiger partial charge in [-0.1, -0.05) is 45.0 Å². The van der Waals surface area contributed by atoms with Crippen molar-refractivity contribution in [2.75, 3.05) is 31.0 Å². The molecule has 1 aromatic heterocycles. The van der Waals surface area contributed by atoms with Crippen molar-refractivity contribution < 1.29 is 23.8 Å². The van der Waals surface area contributed by atoms with Crippen LogP contribution in [0.4, 0.5) is 16.2 Å². The number of nitrogens with one attached hydrogen (secondary N) is 2. The highest BCUT2D eigenvalue weighted by molar-refractivity contribution is 7.14. The van der Waals surface area contributed by atoms with E-state index in [-0.39, 0.29) is 11.5 Å². The van der Waals surface area contributed by atoms with Gasteiger partial charge >= 0.3 is 12.0 Å². The fourth-order valence-electron chi connectivity index (χ4n) is 4.22. The van der Waals surface area contributed by atoms with Gasteiger partial charge < -0.3 is 24.8 Å². The van der Waals surface area contributed by atoms with Crippen LogP contribution in [0, 0.1) is 0 Å². The van der Waals surface area contributed by atoms with Crippen molar-refractivity contribution >= 4 is 45.5 Å². The van der Waals surface area contributed by atoms with Gasteiger partial charge in [0.15, 0.2) is 0 Å². The normalized spacial score (nSPS) is 15.9. The molecule has 36 heavy (non-hydrogen) atoms. The number of amides is 2. The molecule has 2 amide bonds. The maximum absolute atomic E-state index is 13.0. The molecule has 1 aliphatic rings. The summed E-state index contributed by atoms with van der Waals surface area (Å²) >= 11 is 1.33. The van der Waals surface area contributed by atoms with Gasteiger partial charge in [-0.05, 0) is 42.9 Å². The fourth-order valence-corrected chi connectivity index (χ4v) is 5.30. The highest BCUT2D eigenvalue weighted by atomic mass is 32.1. The Morgan fingerprint density at radius 2 is 1.81 bits per heavy atom. The average Bonchev–Trinajstić information content (AvgIpc) is 3.29. The van der Waals surface area contributed by atoms with Crippen molar-refractivity contribution in [3.05, 3.63) is 52.2 Å². The molecule has 2 heterocycles. The van der Waals surface area contributed by atoms with E-state index in [0.29, 0.717) is 22.9 Å². The molecule has 0 aliphatic carbocycles. The zero-order chi connectivity index (χ0) is 25.7. The number of methoxy groups -OCH3 is 1. The van der Waals surface area contributed by atoms with Gasteiger partial charge in [-0.15, -0.1) is 11.3 Å². The molecule has 1 saturated heterocycles. The Bertz CT molecular complexity index is 1220. The van der Waals surface area contributed by atoms with E-state index in [1.165, 1.54) is 24.9 Å². The van der Waals surface area contributed by atoms with E-state index in [9.17, 15) is 9.59 Å². The first kappa shape index (κ1) is 26.0. The summed E-state index contributed by atoms with van der Waals surface area (Å²) in [5.74, 6) is 0.296. The second-order valence-corrected chi connectivity index (χ2v) is 11.0. The number of hydrogen-bond donors (Lipinski definition) is 2. The zero-order valence-electron chi connectivity index (χ0n) is 21.3. The van der Waals surface area contributed by atoms with Crippen LogP contribution in [-0.2, 0) is 14.9 Å². The summed E-state index contributed by atoms with van der Waals surface area (Å²) in [6, 6.07) is 12.9. The third kappa shape index (κ3) is 6.17. The van der Waals surface area contributed by atoms with E-state index in [2.05, 4.69) is 31.4 Å². The number of fused-ring (bicyclic) bond motifs is 1. The number of carbonyl (C=O) groups is 2. The summed E-state index contributed by atoms with van der Waals surface area (Å²) in [4.78, 5) is 26.6. The molecule has 3 aromatic rings. The number of urea groups is 1. The lowest BCUT2D eigenvalue weighted by Crippen LogP contribution is -2.21. The molecule has 0 bridgehead atoms. The van der Waals surface area contributed by atoms with E-state index in [1.54, 1.807) is 0 Å². The summed E-state index contributed by atoms with van der Waals surface area (Å²) in [5, 5.41) is 7.54. The van der Waals surface area contributed by atoms with Crippen LogP contribution in [0.5, 0.6) is 5.75 Å². The van der Waals surface area contributed by atoms with Gasteiger partial charge in [-0.25, -0.2) is 9.59 Å². The van der Waals surface area contributed by atoms with Gasteiger partial charge in [0.25, 0.3) is 0 Å². The highest BCUT2D eigenvalue weighted by Crippen LogP contribution is 2.36. The van der Waals surface area contributed by atoms with E-state index >= 15 is 0 Å². The molecule has 1 unspecified atom stereocenters. The number of carbonyl (C=O) groups excluding carboxylic acids is 2. The van der Waals surface area contributed by atoms with Crippen molar-refractivity contribution in [2.24, 2.45) is 0 Å². The topological polar surface area (TPSA) is 85.9 Å². The number of esters is 1. The maximum atomic E-state index is 13.0. The van der Waals surface area contributed by atoms with Gasteiger partial charge in [0.05, 0.1) is 31.2 Å². The second kappa shape index (κ2) is 11.3. The highest BCUT2D eigenvalue weighted by Gasteiger charge is 2.24. The Morgan fingerprint density at radius 3 is 2.50 bits per heavy atom. The molecule has 1 aliphatic heterocycles. The molecule has 1 atom stereocenters. The third-order valence-corrected chi connectivity index (χ3v) is 7.73.